The van der Waals surface area contributed by atoms with Gasteiger partial charge < -0.3 is 24.5 Å². The standard InChI is InChI=1S/C25H26N8O2S/c1-25(35)12-32(13-25)20-9-27-17(8-19(20)31-10-18(28-14-31)15-2-3-15)23(34)29-21-11-36-24(30-21)22-26-6-7-33(22)16-4-5-16/h6-11,14-16,35H,2-5,12-13H2,1H3,(H,29,34). The molecule has 184 valence electrons. The van der Waals surface area contributed by atoms with E-state index < -0.39 is 5.60 Å². The van der Waals surface area contributed by atoms with Crippen LogP contribution in [0.4, 0.5) is 11.5 Å². The summed E-state index contributed by atoms with van der Waals surface area (Å²) in [4.78, 5) is 33.3. The number of carbonyl (C=O) groups is 1. The van der Waals surface area contributed by atoms with E-state index in [2.05, 4.69) is 34.7 Å². The molecule has 1 amide bonds. The van der Waals surface area contributed by atoms with E-state index in [0.29, 0.717) is 30.9 Å². The van der Waals surface area contributed by atoms with Gasteiger partial charge in [0.2, 0.25) is 0 Å². The summed E-state index contributed by atoms with van der Waals surface area (Å²) in [5, 5.41) is 15.8. The Hall–Kier alpha value is -3.57. The normalized spacial score (nSPS) is 18.8. The molecule has 36 heavy (non-hydrogen) atoms. The number of carbonyl (C=O) groups excluding carboxylic acids is 1. The van der Waals surface area contributed by atoms with Crippen LogP contribution in [0.2, 0.25) is 0 Å². The van der Waals surface area contributed by atoms with E-state index in [4.69, 9.17) is 0 Å². The maximum atomic E-state index is 13.2. The zero-order valence-corrected chi connectivity index (χ0v) is 20.6. The molecule has 7 rings (SSSR count). The molecule has 4 aromatic rings. The van der Waals surface area contributed by atoms with E-state index >= 15 is 0 Å². The highest BCUT2D eigenvalue weighted by molar-refractivity contribution is 7.13. The van der Waals surface area contributed by atoms with Crippen LogP contribution >= 0.6 is 11.3 Å². The zero-order valence-electron chi connectivity index (χ0n) is 19.8. The third-order valence-corrected chi connectivity index (χ3v) is 7.76. The molecule has 0 atom stereocenters. The van der Waals surface area contributed by atoms with Gasteiger partial charge in [-0.05, 0) is 38.7 Å². The van der Waals surface area contributed by atoms with E-state index in [0.717, 1.165) is 40.7 Å². The molecule has 0 unspecified atom stereocenters. The number of aliphatic hydroxyl groups is 1. The fourth-order valence-corrected chi connectivity index (χ4v) is 5.51. The van der Waals surface area contributed by atoms with Crippen molar-refractivity contribution in [2.45, 2.75) is 50.2 Å². The van der Waals surface area contributed by atoms with E-state index in [9.17, 15) is 9.90 Å². The predicted octanol–water partition coefficient (Wildman–Crippen LogP) is 3.62. The molecule has 0 aromatic carbocycles. The third kappa shape index (κ3) is 3.97. The van der Waals surface area contributed by atoms with Gasteiger partial charge in [0, 0.05) is 49.0 Å². The lowest BCUT2D eigenvalue weighted by atomic mass is 9.96. The predicted molar refractivity (Wildman–Crippen MR) is 136 cm³/mol. The van der Waals surface area contributed by atoms with Gasteiger partial charge in [0.05, 0.1) is 35.2 Å². The van der Waals surface area contributed by atoms with Crippen LogP contribution in [0.3, 0.4) is 0 Å². The first-order valence-electron chi connectivity index (χ1n) is 12.3. The van der Waals surface area contributed by atoms with Gasteiger partial charge in [0.15, 0.2) is 10.8 Å². The minimum atomic E-state index is -0.724. The van der Waals surface area contributed by atoms with Gasteiger partial charge in [0.25, 0.3) is 5.91 Å². The lowest BCUT2D eigenvalue weighted by Gasteiger charge is -2.46. The number of hydrogen-bond acceptors (Lipinski definition) is 8. The van der Waals surface area contributed by atoms with E-state index in [1.54, 1.807) is 24.8 Å². The van der Waals surface area contributed by atoms with Crippen LogP contribution in [0.25, 0.3) is 16.5 Å². The summed E-state index contributed by atoms with van der Waals surface area (Å²) in [6, 6.07) is 2.28. The molecule has 2 aliphatic carbocycles. The second-order valence-electron chi connectivity index (χ2n) is 10.3. The van der Waals surface area contributed by atoms with Gasteiger partial charge in [0.1, 0.15) is 11.5 Å². The summed E-state index contributed by atoms with van der Waals surface area (Å²) in [5.74, 6) is 1.52. The summed E-state index contributed by atoms with van der Waals surface area (Å²) >= 11 is 1.46. The SMILES string of the molecule is CC1(O)CN(c2cnc(C(=O)Nc3csc(-c4nccn4C4CC4)n3)cc2-n2cnc(C3CC3)c2)C1. The van der Waals surface area contributed by atoms with Crippen LogP contribution < -0.4 is 10.2 Å². The molecular formula is C25H26N8O2S. The van der Waals surface area contributed by atoms with Gasteiger partial charge in [-0.25, -0.2) is 19.9 Å². The number of rotatable bonds is 7. The Balaban J connectivity index is 1.15. The molecule has 0 radical (unpaired) electrons. The molecule has 3 aliphatic rings. The molecular weight excluding hydrogens is 476 g/mol. The van der Waals surface area contributed by atoms with Gasteiger partial charge >= 0.3 is 0 Å². The highest BCUT2D eigenvalue weighted by Gasteiger charge is 2.38. The van der Waals surface area contributed by atoms with E-state index in [1.165, 1.54) is 24.2 Å². The lowest BCUT2D eigenvalue weighted by molar-refractivity contribution is 0.0310. The number of aromatic nitrogens is 6. The number of hydrogen-bond donors (Lipinski definition) is 2. The number of pyridine rings is 1. The average molecular weight is 503 g/mol. The molecule has 2 saturated carbocycles. The Morgan fingerprint density at radius 1 is 1.17 bits per heavy atom. The maximum absolute atomic E-state index is 13.2. The van der Waals surface area contributed by atoms with Crippen molar-refractivity contribution in [1.82, 2.24) is 29.1 Å². The number of anilines is 2. The van der Waals surface area contributed by atoms with Gasteiger partial charge in [-0.15, -0.1) is 11.3 Å². The maximum Gasteiger partial charge on any atom is 0.275 e. The molecule has 4 aromatic heterocycles. The van der Waals surface area contributed by atoms with Crippen molar-refractivity contribution in [3.63, 3.8) is 0 Å². The largest absolute Gasteiger partial charge is 0.386 e. The first-order chi connectivity index (χ1) is 17.4. The van der Waals surface area contributed by atoms with Crippen LogP contribution in [0.15, 0.2) is 42.6 Å². The Labute approximate surface area is 211 Å². The summed E-state index contributed by atoms with van der Waals surface area (Å²) in [6.07, 6.45) is 14.0. The molecule has 1 aliphatic heterocycles. The highest BCUT2D eigenvalue weighted by Crippen LogP contribution is 2.40. The van der Waals surface area contributed by atoms with Gasteiger partial charge in [-0.3, -0.25) is 4.79 Å². The van der Waals surface area contributed by atoms with E-state index in [-0.39, 0.29) is 11.6 Å². The first-order valence-corrected chi connectivity index (χ1v) is 13.1. The molecule has 3 fully saturated rings. The molecule has 2 N–H and O–H groups in total. The van der Waals surface area contributed by atoms with Crippen molar-refractivity contribution in [2.75, 3.05) is 23.3 Å². The second-order valence-corrected chi connectivity index (χ2v) is 11.1. The van der Waals surface area contributed by atoms with E-state index in [1.807, 2.05) is 29.3 Å². The number of thiazole rings is 1. The van der Waals surface area contributed by atoms with Crippen LogP contribution in [-0.2, 0) is 0 Å². The minimum Gasteiger partial charge on any atom is -0.386 e. The molecule has 10 nitrogen and oxygen atoms in total. The van der Waals surface area contributed by atoms with Gasteiger partial charge in [-0.2, -0.15) is 0 Å². The number of nitrogens with one attached hydrogen (secondary N) is 1. The number of nitrogens with zero attached hydrogens (tertiary/aromatic N) is 7. The highest BCUT2D eigenvalue weighted by atomic mass is 32.1. The minimum absolute atomic E-state index is 0.289. The number of amides is 1. The number of β-amino-alcohol motifs (C(OH)–C–C–N with tert-alkyl or cyclic N) is 1. The van der Waals surface area contributed by atoms with Crippen molar-refractivity contribution in [2.24, 2.45) is 0 Å². The van der Waals surface area contributed by atoms with Crippen LogP contribution in [0.1, 0.15) is 60.7 Å². The smallest absolute Gasteiger partial charge is 0.275 e. The Morgan fingerprint density at radius 2 is 2.00 bits per heavy atom. The zero-order chi connectivity index (χ0) is 24.4. The third-order valence-electron chi connectivity index (χ3n) is 6.92. The van der Waals surface area contributed by atoms with Crippen molar-refractivity contribution < 1.29 is 9.90 Å². The average Bonchev–Trinajstić information content (AvgIpc) is 3.72. The molecule has 1 saturated heterocycles. The molecule has 0 spiro atoms. The van der Waals surface area contributed by atoms with Crippen molar-refractivity contribution in [1.29, 1.82) is 0 Å². The Bertz CT molecular complexity index is 1450. The Kier molecular flexibility index (Phi) is 4.80. The second kappa shape index (κ2) is 7.97. The van der Waals surface area contributed by atoms with Crippen molar-refractivity contribution in [3.8, 4) is 16.5 Å². The fourth-order valence-electron chi connectivity index (χ4n) is 4.76. The lowest BCUT2D eigenvalue weighted by Crippen LogP contribution is -2.60. The molecule has 11 heteroatoms. The summed E-state index contributed by atoms with van der Waals surface area (Å²) in [6.45, 7) is 2.84. The summed E-state index contributed by atoms with van der Waals surface area (Å²) in [7, 11) is 0. The first kappa shape index (κ1) is 21.7. The van der Waals surface area contributed by atoms with Crippen LogP contribution in [0, 0.1) is 0 Å². The monoisotopic (exact) mass is 502 g/mol. The Morgan fingerprint density at radius 3 is 2.75 bits per heavy atom. The van der Waals surface area contributed by atoms with Crippen LogP contribution in [-0.4, -0.2) is 58.8 Å². The fraction of sp³-hybridized carbons (Fsp3) is 0.400. The van der Waals surface area contributed by atoms with Crippen molar-refractivity contribution in [3.05, 3.63) is 53.9 Å². The van der Waals surface area contributed by atoms with Crippen LogP contribution in [0.5, 0.6) is 0 Å². The van der Waals surface area contributed by atoms with Gasteiger partial charge in [-0.1, -0.05) is 0 Å². The molecule has 0 bridgehead atoms. The number of imidazole rings is 2. The quantitative estimate of drug-likeness (QED) is 0.397. The topological polar surface area (TPSA) is 114 Å². The van der Waals surface area contributed by atoms with Crippen molar-refractivity contribution >= 4 is 28.7 Å². The summed E-state index contributed by atoms with van der Waals surface area (Å²) < 4.78 is 4.11. The molecule has 5 heterocycles. The summed E-state index contributed by atoms with van der Waals surface area (Å²) in [5.41, 5.74) is 2.31.